The van der Waals surface area contributed by atoms with E-state index < -0.39 is 0 Å². The van der Waals surface area contributed by atoms with Crippen molar-refractivity contribution < 1.29 is 13.9 Å². The van der Waals surface area contributed by atoms with Gasteiger partial charge in [-0.15, -0.1) is 0 Å². The number of nitrogens with zero attached hydrogens (tertiary/aromatic N) is 2. The summed E-state index contributed by atoms with van der Waals surface area (Å²) in [5.74, 6) is 1.49. The molecule has 1 aromatic rings. The Morgan fingerprint density at radius 1 is 1.30 bits per heavy atom. The molecule has 5 nitrogen and oxygen atoms in total. The van der Waals surface area contributed by atoms with Gasteiger partial charge in [0.1, 0.15) is 11.5 Å². The van der Waals surface area contributed by atoms with Crippen LogP contribution < -0.4 is 0 Å². The van der Waals surface area contributed by atoms with Crippen molar-refractivity contribution in [3.05, 3.63) is 29.7 Å². The third-order valence-corrected chi connectivity index (χ3v) is 2.85. The van der Waals surface area contributed by atoms with Crippen LogP contribution in [-0.2, 0) is 9.53 Å². The van der Waals surface area contributed by atoms with Crippen molar-refractivity contribution in [3.8, 4) is 0 Å². The molecule has 0 aliphatic carbocycles. The molecule has 0 unspecified atom stereocenters. The summed E-state index contributed by atoms with van der Waals surface area (Å²) in [6.45, 7) is 4.50. The number of hydrogen-bond donors (Lipinski definition) is 0. The third kappa shape index (κ3) is 6.04. The minimum absolute atomic E-state index is 0.0297. The summed E-state index contributed by atoms with van der Waals surface area (Å²) in [5.41, 5.74) is 0. The summed E-state index contributed by atoms with van der Waals surface area (Å²) in [6, 6.07) is 3.72. The maximum absolute atomic E-state index is 12.2. The molecule has 1 amide bonds. The van der Waals surface area contributed by atoms with Crippen molar-refractivity contribution in [1.82, 2.24) is 9.80 Å². The van der Waals surface area contributed by atoms with Crippen LogP contribution in [0.1, 0.15) is 11.5 Å². The van der Waals surface area contributed by atoms with Gasteiger partial charge in [-0.1, -0.05) is 0 Å². The molecule has 0 aliphatic rings. The molecule has 112 valence electrons. The summed E-state index contributed by atoms with van der Waals surface area (Å²) < 4.78 is 10.4. The van der Waals surface area contributed by atoms with E-state index in [1.807, 2.05) is 38.1 Å². The summed E-state index contributed by atoms with van der Waals surface area (Å²) in [6.07, 6.45) is 3.24. The second kappa shape index (κ2) is 8.55. The average Bonchev–Trinajstić information content (AvgIpc) is 2.81. The molecular weight excluding hydrogens is 256 g/mol. The molecule has 5 heteroatoms. The molecule has 0 fully saturated rings. The highest BCUT2D eigenvalue weighted by atomic mass is 16.5. The van der Waals surface area contributed by atoms with Gasteiger partial charge in [-0.05, 0) is 39.2 Å². The Morgan fingerprint density at radius 3 is 2.60 bits per heavy atom. The monoisotopic (exact) mass is 280 g/mol. The number of amides is 1. The molecule has 0 radical (unpaired) electrons. The van der Waals surface area contributed by atoms with Crippen LogP contribution in [0.15, 0.2) is 22.6 Å². The predicted molar refractivity (Wildman–Crippen MR) is 79.5 cm³/mol. The van der Waals surface area contributed by atoms with Crippen LogP contribution in [0, 0.1) is 6.92 Å². The van der Waals surface area contributed by atoms with E-state index in [0.717, 1.165) is 12.3 Å². The molecule has 1 heterocycles. The number of furan rings is 1. The van der Waals surface area contributed by atoms with E-state index in [4.69, 9.17) is 9.15 Å². The zero-order chi connectivity index (χ0) is 15.0. The smallest absolute Gasteiger partial charge is 0.246 e. The second-order valence-electron chi connectivity index (χ2n) is 4.90. The van der Waals surface area contributed by atoms with Crippen molar-refractivity contribution in [3.63, 3.8) is 0 Å². The van der Waals surface area contributed by atoms with Crippen LogP contribution in [0.5, 0.6) is 0 Å². The largest absolute Gasteiger partial charge is 0.462 e. The SMILES string of the molecule is COCCN(CCN(C)C)C(=O)C=Cc1ccc(C)o1. The van der Waals surface area contributed by atoms with Crippen molar-refractivity contribution in [1.29, 1.82) is 0 Å². The fourth-order valence-corrected chi connectivity index (χ4v) is 1.66. The Labute approximate surface area is 120 Å². The highest BCUT2D eigenvalue weighted by Gasteiger charge is 2.10. The fourth-order valence-electron chi connectivity index (χ4n) is 1.66. The lowest BCUT2D eigenvalue weighted by atomic mass is 10.3. The van der Waals surface area contributed by atoms with E-state index in [0.29, 0.717) is 25.5 Å². The molecule has 0 atom stereocenters. The molecule has 0 bridgehead atoms. The van der Waals surface area contributed by atoms with Gasteiger partial charge < -0.3 is 19.0 Å². The summed E-state index contributed by atoms with van der Waals surface area (Å²) in [4.78, 5) is 16.0. The Balaban J connectivity index is 2.59. The zero-order valence-electron chi connectivity index (χ0n) is 12.8. The standard InChI is InChI=1S/C15H24N2O3/c1-13-5-6-14(20-13)7-8-15(18)17(11-12-19-4)10-9-16(2)3/h5-8H,9-12H2,1-4H3. The Bertz CT molecular complexity index is 438. The average molecular weight is 280 g/mol. The normalized spacial score (nSPS) is 11.4. The highest BCUT2D eigenvalue weighted by molar-refractivity contribution is 5.91. The van der Waals surface area contributed by atoms with Gasteiger partial charge in [0.2, 0.25) is 5.91 Å². The molecule has 1 aromatic heterocycles. The first-order valence-corrected chi connectivity index (χ1v) is 6.70. The first-order valence-electron chi connectivity index (χ1n) is 6.70. The number of carbonyl (C=O) groups is 1. The molecule has 0 spiro atoms. The minimum Gasteiger partial charge on any atom is -0.462 e. The lowest BCUT2D eigenvalue weighted by Crippen LogP contribution is -2.37. The molecule has 20 heavy (non-hydrogen) atoms. The summed E-state index contributed by atoms with van der Waals surface area (Å²) in [5, 5.41) is 0. The Morgan fingerprint density at radius 2 is 2.05 bits per heavy atom. The van der Waals surface area contributed by atoms with Gasteiger partial charge in [0, 0.05) is 32.8 Å². The number of methoxy groups -OCH3 is 1. The molecule has 1 rings (SSSR count). The first-order chi connectivity index (χ1) is 9.52. The second-order valence-corrected chi connectivity index (χ2v) is 4.90. The maximum atomic E-state index is 12.2. The van der Waals surface area contributed by atoms with Gasteiger partial charge in [0.15, 0.2) is 0 Å². The molecule has 0 saturated heterocycles. The summed E-state index contributed by atoms with van der Waals surface area (Å²) in [7, 11) is 5.61. The predicted octanol–water partition coefficient (Wildman–Crippen LogP) is 1.64. The number of likely N-dealkylation sites (N-methyl/N-ethyl adjacent to an activating group) is 1. The quantitative estimate of drug-likeness (QED) is 0.679. The third-order valence-electron chi connectivity index (χ3n) is 2.85. The van der Waals surface area contributed by atoms with E-state index in [-0.39, 0.29) is 5.91 Å². The summed E-state index contributed by atoms with van der Waals surface area (Å²) >= 11 is 0. The van der Waals surface area contributed by atoms with E-state index in [1.165, 1.54) is 0 Å². The molecule has 0 aliphatic heterocycles. The molecule has 0 saturated carbocycles. The van der Waals surface area contributed by atoms with Crippen molar-refractivity contribution >= 4 is 12.0 Å². The lowest BCUT2D eigenvalue weighted by Gasteiger charge is -2.22. The van der Waals surface area contributed by atoms with Gasteiger partial charge in [0.25, 0.3) is 0 Å². The van der Waals surface area contributed by atoms with E-state index in [9.17, 15) is 4.79 Å². The minimum atomic E-state index is -0.0297. The maximum Gasteiger partial charge on any atom is 0.246 e. The highest BCUT2D eigenvalue weighted by Crippen LogP contribution is 2.08. The fraction of sp³-hybridized carbons (Fsp3) is 0.533. The molecule has 0 aromatic carbocycles. The van der Waals surface area contributed by atoms with Crippen LogP contribution in [0.25, 0.3) is 6.08 Å². The van der Waals surface area contributed by atoms with Crippen LogP contribution in [0.3, 0.4) is 0 Å². The van der Waals surface area contributed by atoms with Crippen LogP contribution in [0.4, 0.5) is 0 Å². The number of rotatable bonds is 8. The Hall–Kier alpha value is -1.59. The van der Waals surface area contributed by atoms with Gasteiger partial charge in [-0.3, -0.25) is 4.79 Å². The lowest BCUT2D eigenvalue weighted by molar-refractivity contribution is -0.126. The van der Waals surface area contributed by atoms with E-state index in [2.05, 4.69) is 0 Å². The molecular formula is C15H24N2O3. The van der Waals surface area contributed by atoms with E-state index in [1.54, 1.807) is 24.2 Å². The van der Waals surface area contributed by atoms with Crippen molar-refractivity contribution in [2.75, 3.05) is 47.4 Å². The Kier molecular flexibility index (Phi) is 7.04. The van der Waals surface area contributed by atoms with Crippen molar-refractivity contribution in [2.45, 2.75) is 6.92 Å². The first kappa shape index (κ1) is 16.5. The van der Waals surface area contributed by atoms with E-state index >= 15 is 0 Å². The van der Waals surface area contributed by atoms with Crippen LogP contribution >= 0.6 is 0 Å². The van der Waals surface area contributed by atoms with Crippen LogP contribution in [-0.4, -0.2) is 63.2 Å². The number of aryl methyl sites for hydroxylation is 1. The van der Waals surface area contributed by atoms with Crippen LogP contribution in [0.2, 0.25) is 0 Å². The van der Waals surface area contributed by atoms with Gasteiger partial charge >= 0.3 is 0 Å². The van der Waals surface area contributed by atoms with Gasteiger partial charge in [0.05, 0.1) is 6.61 Å². The zero-order valence-corrected chi connectivity index (χ0v) is 12.8. The number of ether oxygens (including phenoxy) is 1. The molecule has 0 N–H and O–H groups in total. The van der Waals surface area contributed by atoms with Gasteiger partial charge in [-0.25, -0.2) is 0 Å². The van der Waals surface area contributed by atoms with Gasteiger partial charge in [-0.2, -0.15) is 0 Å². The number of carbonyl (C=O) groups excluding carboxylic acids is 1. The topological polar surface area (TPSA) is 45.9 Å². The van der Waals surface area contributed by atoms with Crippen molar-refractivity contribution in [2.24, 2.45) is 0 Å². The number of hydrogen-bond acceptors (Lipinski definition) is 4.